The minimum atomic E-state index is -0.0482. The van der Waals surface area contributed by atoms with E-state index in [0.717, 1.165) is 19.3 Å². The van der Waals surface area contributed by atoms with Gasteiger partial charge in [0.15, 0.2) is 0 Å². The molecule has 84 valence electrons. The molecular weight excluding hydrogens is 208 g/mol. The number of carbonyl (C=O) groups is 1. The molecule has 3 nitrogen and oxygen atoms in total. The van der Waals surface area contributed by atoms with E-state index in [1.165, 1.54) is 16.2 Å². The number of nitrogens with one attached hydrogen (secondary N) is 1. The lowest BCUT2D eigenvalue weighted by atomic mass is 10.2. The minimum Gasteiger partial charge on any atom is -0.390 e. The van der Waals surface area contributed by atoms with Gasteiger partial charge in [-0.25, -0.2) is 0 Å². The van der Waals surface area contributed by atoms with Crippen molar-refractivity contribution in [2.24, 2.45) is 0 Å². The fourth-order valence-electron chi connectivity index (χ4n) is 1.34. The molecule has 0 spiro atoms. The summed E-state index contributed by atoms with van der Waals surface area (Å²) in [5.74, 6) is -0.0482. The SMILES string of the molecule is CCCNC(=O)c1cc(CCC)sc1N. The number of nitrogen functional groups attached to an aromatic ring is 1. The molecule has 0 bridgehead atoms. The second kappa shape index (κ2) is 5.75. The summed E-state index contributed by atoms with van der Waals surface area (Å²) in [6.45, 7) is 4.85. The molecule has 1 rings (SSSR count). The van der Waals surface area contributed by atoms with Crippen molar-refractivity contribution in [2.45, 2.75) is 33.1 Å². The lowest BCUT2D eigenvalue weighted by Crippen LogP contribution is -2.24. The molecule has 0 atom stereocenters. The van der Waals surface area contributed by atoms with Gasteiger partial charge < -0.3 is 11.1 Å². The smallest absolute Gasteiger partial charge is 0.254 e. The maximum absolute atomic E-state index is 11.7. The third-order valence-electron chi connectivity index (χ3n) is 2.09. The molecule has 0 saturated carbocycles. The van der Waals surface area contributed by atoms with Gasteiger partial charge in [0.2, 0.25) is 0 Å². The molecule has 1 amide bonds. The van der Waals surface area contributed by atoms with Crippen LogP contribution in [0.15, 0.2) is 6.07 Å². The van der Waals surface area contributed by atoms with Gasteiger partial charge in [-0.3, -0.25) is 4.79 Å². The minimum absolute atomic E-state index is 0.0482. The first-order valence-corrected chi connectivity index (χ1v) is 6.17. The van der Waals surface area contributed by atoms with E-state index in [9.17, 15) is 4.79 Å². The first-order chi connectivity index (χ1) is 7.19. The van der Waals surface area contributed by atoms with Crippen molar-refractivity contribution in [3.05, 3.63) is 16.5 Å². The van der Waals surface area contributed by atoms with Crippen LogP contribution in [0.25, 0.3) is 0 Å². The highest BCUT2D eigenvalue weighted by molar-refractivity contribution is 7.16. The lowest BCUT2D eigenvalue weighted by molar-refractivity contribution is 0.0955. The Morgan fingerprint density at radius 1 is 1.47 bits per heavy atom. The number of hydrogen-bond acceptors (Lipinski definition) is 3. The summed E-state index contributed by atoms with van der Waals surface area (Å²) in [6.07, 6.45) is 3.02. The topological polar surface area (TPSA) is 55.1 Å². The monoisotopic (exact) mass is 226 g/mol. The van der Waals surface area contributed by atoms with E-state index in [2.05, 4.69) is 12.2 Å². The maximum Gasteiger partial charge on any atom is 0.254 e. The van der Waals surface area contributed by atoms with Crippen molar-refractivity contribution in [1.82, 2.24) is 5.32 Å². The van der Waals surface area contributed by atoms with Crippen molar-refractivity contribution in [3.63, 3.8) is 0 Å². The van der Waals surface area contributed by atoms with Crippen molar-refractivity contribution >= 4 is 22.2 Å². The zero-order chi connectivity index (χ0) is 11.3. The van der Waals surface area contributed by atoms with Crippen LogP contribution in [0.5, 0.6) is 0 Å². The number of nitrogens with two attached hydrogens (primary N) is 1. The number of hydrogen-bond donors (Lipinski definition) is 2. The highest BCUT2D eigenvalue weighted by Crippen LogP contribution is 2.25. The summed E-state index contributed by atoms with van der Waals surface area (Å²) in [7, 11) is 0. The molecule has 0 aliphatic rings. The average molecular weight is 226 g/mol. The van der Waals surface area contributed by atoms with Gasteiger partial charge in [-0.05, 0) is 18.9 Å². The van der Waals surface area contributed by atoms with Crippen molar-refractivity contribution < 1.29 is 4.79 Å². The summed E-state index contributed by atoms with van der Waals surface area (Å²) < 4.78 is 0. The third kappa shape index (κ3) is 3.23. The maximum atomic E-state index is 11.7. The summed E-state index contributed by atoms with van der Waals surface area (Å²) in [6, 6.07) is 1.91. The Hall–Kier alpha value is -1.03. The fourth-order valence-corrected chi connectivity index (χ4v) is 2.37. The first-order valence-electron chi connectivity index (χ1n) is 5.35. The summed E-state index contributed by atoms with van der Waals surface area (Å²) >= 11 is 1.52. The highest BCUT2D eigenvalue weighted by Gasteiger charge is 2.12. The Morgan fingerprint density at radius 2 is 2.20 bits per heavy atom. The van der Waals surface area contributed by atoms with Gasteiger partial charge in [-0.1, -0.05) is 20.3 Å². The van der Waals surface area contributed by atoms with Crippen molar-refractivity contribution in [2.75, 3.05) is 12.3 Å². The molecule has 0 aromatic carbocycles. The van der Waals surface area contributed by atoms with Crippen LogP contribution in [-0.4, -0.2) is 12.5 Å². The number of amides is 1. The number of aryl methyl sites for hydroxylation is 1. The van der Waals surface area contributed by atoms with E-state index in [4.69, 9.17) is 5.73 Å². The molecule has 1 heterocycles. The van der Waals surface area contributed by atoms with Crippen LogP contribution in [0.3, 0.4) is 0 Å². The Morgan fingerprint density at radius 3 is 2.80 bits per heavy atom. The molecule has 1 aromatic heterocycles. The van der Waals surface area contributed by atoms with Gasteiger partial charge in [0.25, 0.3) is 5.91 Å². The van der Waals surface area contributed by atoms with Crippen LogP contribution in [0.1, 0.15) is 41.9 Å². The van der Waals surface area contributed by atoms with Crippen LogP contribution in [0, 0.1) is 0 Å². The molecule has 15 heavy (non-hydrogen) atoms. The van der Waals surface area contributed by atoms with Crippen LogP contribution < -0.4 is 11.1 Å². The molecule has 0 aliphatic heterocycles. The lowest BCUT2D eigenvalue weighted by Gasteiger charge is -2.01. The predicted octanol–water partition coefficient (Wildman–Crippen LogP) is 2.42. The van der Waals surface area contributed by atoms with E-state index < -0.39 is 0 Å². The quantitative estimate of drug-likeness (QED) is 0.810. The largest absolute Gasteiger partial charge is 0.390 e. The fraction of sp³-hybridized carbons (Fsp3) is 0.545. The standard InChI is InChI=1S/C11H18N2OS/c1-3-5-8-7-9(10(12)15-8)11(14)13-6-4-2/h7H,3-6,12H2,1-2H3,(H,13,14). The Balaban J connectivity index is 2.71. The normalized spacial score (nSPS) is 10.3. The summed E-state index contributed by atoms with van der Waals surface area (Å²) in [4.78, 5) is 12.8. The molecule has 0 saturated heterocycles. The van der Waals surface area contributed by atoms with E-state index in [1.54, 1.807) is 0 Å². The van der Waals surface area contributed by atoms with Crippen LogP contribution in [0.4, 0.5) is 5.00 Å². The van der Waals surface area contributed by atoms with Gasteiger partial charge in [0.1, 0.15) is 0 Å². The van der Waals surface area contributed by atoms with Crippen LogP contribution in [0.2, 0.25) is 0 Å². The van der Waals surface area contributed by atoms with Gasteiger partial charge in [0, 0.05) is 11.4 Å². The second-order valence-electron chi connectivity index (χ2n) is 3.50. The molecule has 0 unspecified atom stereocenters. The zero-order valence-corrected chi connectivity index (χ0v) is 10.1. The second-order valence-corrected chi connectivity index (χ2v) is 4.66. The Kier molecular flexibility index (Phi) is 4.62. The zero-order valence-electron chi connectivity index (χ0n) is 9.30. The van der Waals surface area contributed by atoms with E-state index in [-0.39, 0.29) is 5.91 Å². The molecule has 4 heteroatoms. The van der Waals surface area contributed by atoms with E-state index in [1.807, 2.05) is 13.0 Å². The molecule has 3 N–H and O–H groups in total. The number of anilines is 1. The van der Waals surface area contributed by atoms with Crippen molar-refractivity contribution in [3.8, 4) is 0 Å². The van der Waals surface area contributed by atoms with Crippen molar-refractivity contribution in [1.29, 1.82) is 0 Å². The van der Waals surface area contributed by atoms with Gasteiger partial charge in [-0.2, -0.15) is 0 Å². The number of rotatable bonds is 5. The van der Waals surface area contributed by atoms with Crippen LogP contribution >= 0.6 is 11.3 Å². The molecule has 0 radical (unpaired) electrons. The number of carbonyl (C=O) groups excluding carboxylic acids is 1. The molecule has 0 fully saturated rings. The third-order valence-corrected chi connectivity index (χ3v) is 3.11. The molecular formula is C11H18N2OS. The predicted molar refractivity (Wildman–Crippen MR) is 65.4 cm³/mol. The van der Waals surface area contributed by atoms with Gasteiger partial charge in [0.05, 0.1) is 10.6 Å². The number of thiophene rings is 1. The van der Waals surface area contributed by atoms with E-state index in [0.29, 0.717) is 17.1 Å². The van der Waals surface area contributed by atoms with Gasteiger partial charge in [-0.15, -0.1) is 11.3 Å². The Labute approximate surface area is 94.7 Å². The highest BCUT2D eigenvalue weighted by atomic mass is 32.1. The average Bonchev–Trinajstić information content (AvgIpc) is 2.57. The Bertz CT molecular complexity index is 333. The molecule has 1 aromatic rings. The summed E-state index contributed by atoms with van der Waals surface area (Å²) in [5.41, 5.74) is 6.44. The van der Waals surface area contributed by atoms with Gasteiger partial charge >= 0.3 is 0 Å². The first kappa shape index (κ1) is 12.0. The molecule has 0 aliphatic carbocycles. The summed E-state index contributed by atoms with van der Waals surface area (Å²) in [5, 5.41) is 3.46. The van der Waals surface area contributed by atoms with Crippen LogP contribution in [-0.2, 0) is 6.42 Å². The van der Waals surface area contributed by atoms with E-state index >= 15 is 0 Å².